The van der Waals surface area contributed by atoms with Gasteiger partial charge in [0.1, 0.15) is 17.5 Å². The van der Waals surface area contributed by atoms with Crippen LogP contribution in [0.25, 0.3) is 10.9 Å². The number of carbonyl (C=O) groups is 1. The summed E-state index contributed by atoms with van der Waals surface area (Å²) in [6.45, 7) is 1.80. The zero-order valence-corrected chi connectivity index (χ0v) is 14.6. The molecule has 1 aliphatic rings. The molecule has 0 saturated heterocycles. The number of anilines is 1. The maximum absolute atomic E-state index is 13.0. The van der Waals surface area contributed by atoms with Gasteiger partial charge in [-0.2, -0.15) is 10.4 Å². The van der Waals surface area contributed by atoms with Crippen molar-refractivity contribution in [2.45, 2.75) is 38.6 Å². The zero-order valence-electron chi connectivity index (χ0n) is 14.6. The Morgan fingerprint density at radius 2 is 2.04 bits per heavy atom. The van der Waals surface area contributed by atoms with Crippen LogP contribution in [0, 0.1) is 18.3 Å². The lowest BCUT2D eigenvalue weighted by atomic mass is 10.1. The van der Waals surface area contributed by atoms with Gasteiger partial charge in [0.2, 0.25) is 0 Å². The lowest BCUT2D eigenvalue weighted by molar-refractivity contribution is 0.102. The van der Waals surface area contributed by atoms with E-state index in [2.05, 4.69) is 21.5 Å². The highest BCUT2D eigenvalue weighted by atomic mass is 16.1. The van der Waals surface area contributed by atoms with Crippen LogP contribution in [-0.2, 0) is 0 Å². The van der Waals surface area contributed by atoms with Crippen molar-refractivity contribution in [3.8, 4) is 6.07 Å². The number of pyridine rings is 1. The smallest absolute Gasteiger partial charge is 0.259 e. The number of hydrogen-bond donors (Lipinski definition) is 1. The van der Waals surface area contributed by atoms with Gasteiger partial charge in [0, 0.05) is 11.6 Å². The van der Waals surface area contributed by atoms with E-state index in [1.165, 1.54) is 0 Å². The van der Waals surface area contributed by atoms with Crippen LogP contribution in [-0.4, -0.2) is 20.7 Å². The molecule has 0 spiro atoms. The summed E-state index contributed by atoms with van der Waals surface area (Å²) in [6.07, 6.45) is 6.00. The maximum atomic E-state index is 13.0. The van der Waals surface area contributed by atoms with E-state index in [0.29, 0.717) is 28.2 Å². The topological polar surface area (TPSA) is 83.6 Å². The molecule has 130 valence electrons. The van der Waals surface area contributed by atoms with E-state index >= 15 is 0 Å². The second kappa shape index (κ2) is 6.60. The number of aryl methyl sites for hydroxylation is 1. The monoisotopic (exact) mass is 345 g/mol. The molecule has 4 rings (SSSR count). The summed E-state index contributed by atoms with van der Waals surface area (Å²) in [5.74, 6) is 0.222. The maximum Gasteiger partial charge on any atom is 0.259 e. The third-order valence-electron chi connectivity index (χ3n) is 4.98. The highest BCUT2D eigenvalue weighted by Crippen LogP contribution is 2.34. The molecular formula is C20H19N5O. The van der Waals surface area contributed by atoms with Gasteiger partial charge in [0.15, 0.2) is 0 Å². The van der Waals surface area contributed by atoms with Crippen LogP contribution in [0.2, 0.25) is 0 Å². The van der Waals surface area contributed by atoms with Crippen molar-refractivity contribution in [2.75, 3.05) is 5.32 Å². The average Bonchev–Trinajstić information content (AvgIpc) is 3.29. The summed E-state index contributed by atoms with van der Waals surface area (Å²) >= 11 is 0. The number of para-hydroxylation sites is 1. The molecule has 2 heterocycles. The molecule has 6 nitrogen and oxygen atoms in total. The van der Waals surface area contributed by atoms with Gasteiger partial charge in [-0.15, -0.1) is 0 Å². The van der Waals surface area contributed by atoms with Crippen molar-refractivity contribution in [1.82, 2.24) is 14.8 Å². The molecule has 0 atom stereocenters. The fraction of sp³-hybridized carbons (Fsp3) is 0.300. The Morgan fingerprint density at radius 1 is 1.27 bits per heavy atom. The number of benzene rings is 1. The van der Waals surface area contributed by atoms with E-state index in [1.807, 2.05) is 28.9 Å². The minimum Gasteiger partial charge on any atom is -0.306 e. The number of rotatable bonds is 3. The molecule has 1 saturated carbocycles. The van der Waals surface area contributed by atoms with Crippen molar-refractivity contribution < 1.29 is 4.79 Å². The molecule has 0 unspecified atom stereocenters. The van der Waals surface area contributed by atoms with Gasteiger partial charge in [0.25, 0.3) is 5.91 Å². The number of hydrogen-bond acceptors (Lipinski definition) is 4. The fourth-order valence-corrected chi connectivity index (χ4v) is 3.68. The lowest BCUT2D eigenvalue weighted by Gasteiger charge is -2.15. The van der Waals surface area contributed by atoms with Gasteiger partial charge < -0.3 is 5.32 Å². The Kier molecular flexibility index (Phi) is 4.13. The summed E-state index contributed by atoms with van der Waals surface area (Å²) in [5, 5.41) is 17.9. The van der Waals surface area contributed by atoms with E-state index < -0.39 is 0 Å². The first-order valence-corrected chi connectivity index (χ1v) is 8.83. The van der Waals surface area contributed by atoms with Gasteiger partial charge >= 0.3 is 0 Å². The predicted molar refractivity (Wildman–Crippen MR) is 98.9 cm³/mol. The molecule has 1 aromatic carbocycles. The fourth-order valence-electron chi connectivity index (χ4n) is 3.68. The molecule has 1 amide bonds. The van der Waals surface area contributed by atoms with Gasteiger partial charge in [-0.3, -0.25) is 9.78 Å². The first kappa shape index (κ1) is 16.3. The highest BCUT2D eigenvalue weighted by Gasteiger charge is 2.26. The lowest BCUT2D eigenvalue weighted by Crippen LogP contribution is -2.19. The number of fused-ring (bicyclic) bond motifs is 1. The number of nitrogens with zero attached hydrogens (tertiary/aromatic N) is 4. The standard InChI is InChI=1S/C20H19N5O/c1-13-17(12-21)19(25(24-13)15-8-2-3-9-15)23-20(26)16-10-4-6-14-7-5-11-22-18(14)16/h4-7,10-11,15H,2-3,8-9H2,1H3,(H,23,26). The van der Waals surface area contributed by atoms with Crippen molar-refractivity contribution in [2.24, 2.45) is 0 Å². The van der Waals surface area contributed by atoms with Crippen molar-refractivity contribution in [3.63, 3.8) is 0 Å². The first-order valence-electron chi connectivity index (χ1n) is 8.83. The number of amides is 1. The molecule has 1 fully saturated rings. The predicted octanol–water partition coefficient (Wildman–Crippen LogP) is 3.98. The average molecular weight is 345 g/mol. The number of aromatic nitrogens is 3. The van der Waals surface area contributed by atoms with E-state index in [-0.39, 0.29) is 11.9 Å². The van der Waals surface area contributed by atoms with Crippen molar-refractivity contribution in [1.29, 1.82) is 5.26 Å². The molecule has 26 heavy (non-hydrogen) atoms. The highest BCUT2D eigenvalue weighted by molar-refractivity contribution is 6.11. The summed E-state index contributed by atoms with van der Waals surface area (Å²) in [7, 11) is 0. The molecule has 6 heteroatoms. The van der Waals surface area contributed by atoms with Crippen LogP contribution in [0.3, 0.4) is 0 Å². The van der Waals surface area contributed by atoms with Gasteiger partial charge in [0.05, 0.1) is 22.8 Å². The van der Waals surface area contributed by atoms with Crippen molar-refractivity contribution >= 4 is 22.6 Å². The SMILES string of the molecule is Cc1nn(C2CCCC2)c(NC(=O)c2cccc3cccnc23)c1C#N. The molecule has 3 aromatic rings. The Morgan fingerprint density at radius 3 is 2.81 bits per heavy atom. The van der Waals surface area contributed by atoms with E-state index in [1.54, 1.807) is 19.2 Å². The number of nitriles is 1. The summed E-state index contributed by atoms with van der Waals surface area (Å²) in [5.41, 5.74) is 2.21. The molecular weight excluding hydrogens is 326 g/mol. The number of carbonyl (C=O) groups excluding carboxylic acids is 1. The normalized spacial score (nSPS) is 14.5. The third-order valence-corrected chi connectivity index (χ3v) is 4.98. The molecule has 2 aromatic heterocycles. The van der Waals surface area contributed by atoms with E-state index in [4.69, 9.17) is 0 Å². The van der Waals surface area contributed by atoms with Crippen LogP contribution in [0.5, 0.6) is 0 Å². The molecule has 0 bridgehead atoms. The van der Waals surface area contributed by atoms with E-state index in [9.17, 15) is 10.1 Å². The second-order valence-electron chi connectivity index (χ2n) is 6.64. The number of nitrogens with one attached hydrogen (secondary N) is 1. The van der Waals surface area contributed by atoms with Crippen LogP contribution in [0.4, 0.5) is 5.82 Å². The minimum atomic E-state index is -0.273. The first-order chi connectivity index (χ1) is 12.7. The molecule has 1 aliphatic carbocycles. The summed E-state index contributed by atoms with van der Waals surface area (Å²) in [6, 6.07) is 11.7. The summed E-state index contributed by atoms with van der Waals surface area (Å²) in [4.78, 5) is 17.3. The minimum absolute atomic E-state index is 0.233. The second-order valence-corrected chi connectivity index (χ2v) is 6.64. The molecule has 0 radical (unpaired) electrons. The van der Waals surface area contributed by atoms with Gasteiger partial charge in [-0.1, -0.05) is 31.0 Å². The van der Waals surface area contributed by atoms with Gasteiger partial charge in [-0.05, 0) is 31.9 Å². The van der Waals surface area contributed by atoms with E-state index in [0.717, 1.165) is 31.1 Å². The van der Waals surface area contributed by atoms with Crippen molar-refractivity contribution in [3.05, 3.63) is 53.3 Å². The largest absolute Gasteiger partial charge is 0.306 e. The zero-order chi connectivity index (χ0) is 18.1. The Labute approximate surface area is 151 Å². The quantitative estimate of drug-likeness (QED) is 0.778. The van der Waals surface area contributed by atoms with Gasteiger partial charge in [-0.25, -0.2) is 4.68 Å². The van der Waals surface area contributed by atoms with Crippen LogP contribution < -0.4 is 5.32 Å². The Balaban J connectivity index is 1.75. The third kappa shape index (κ3) is 2.72. The van der Waals surface area contributed by atoms with Crippen LogP contribution in [0.15, 0.2) is 36.5 Å². The Bertz CT molecular complexity index is 1020. The summed E-state index contributed by atoms with van der Waals surface area (Å²) < 4.78 is 1.83. The van der Waals surface area contributed by atoms with Crippen LogP contribution >= 0.6 is 0 Å². The molecule has 1 N–H and O–H groups in total. The Hall–Kier alpha value is -3.20. The van der Waals surface area contributed by atoms with Crippen LogP contribution in [0.1, 0.15) is 53.3 Å². The molecule has 0 aliphatic heterocycles.